The van der Waals surface area contributed by atoms with Gasteiger partial charge in [0.05, 0.1) is 22.4 Å². The fourth-order valence-corrected chi connectivity index (χ4v) is 10.9. The molecule has 0 N–H and O–H groups in total. The first-order valence-corrected chi connectivity index (χ1v) is 21.2. The van der Waals surface area contributed by atoms with Gasteiger partial charge in [0.25, 0.3) is 0 Å². The minimum Gasteiger partial charge on any atom is -0.310 e. The van der Waals surface area contributed by atoms with E-state index >= 15 is 0 Å². The standard InChI is InChI=1S/C58H44N2/c1-57(2)48-26-12-8-20-41(48)47-34-38(32-33-50(47)57)59(54-31-17-28-51-56(54)45-23-9-13-27-49(45)58(51,3)4)39-35-46-40(37-18-6-5-7-19-37)24-16-25-44(46)55(36-39)60-52-29-14-10-21-42(52)43-22-11-15-30-53(43)60/h5-36H,1-4H3. The summed E-state index contributed by atoms with van der Waals surface area (Å²) in [5, 5.41) is 4.93. The quantitative estimate of drug-likeness (QED) is 0.169. The molecule has 0 fully saturated rings. The fraction of sp³-hybridized carbons (Fsp3) is 0.103. The highest BCUT2D eigenvalue weighted by Gasteiger charge is 2.39. The van der Waals surface area contributed by atoms with Crippen LogP contribution in [0, 0.1) is 0 Å². The maximum absolute atomic E-state index is 2.56. The van der Waals surface area contributed by atoms with Crippen molar-refractivity contribution in [1.29, 1.82) is 0 Å². The van der Waals surface area contributed by atoms with Crippen LogP contribution in [0.25, 0.3) is 71.6 Å². The second-order valence-electron chi connectivity index (χ2n) is 17.7. The molecule has 9 aromatic carbocycles. The summed E-state index contributed by atoms with van der Waals surface area (Å²) in [6, 6.07) is 72.5. The third-order valence-electron chi connectivity index (χ3n) is 13.8. The van der Waals surface area contributed by atoms with Gasteiger partial charge in [-0.2, -0.15) is 0 Å². The molecule has 0 saturated carbocycles. The molecule has 2 heteroatoms. The molecule has 2 nitrogen and oxygen atoms in total. The smallest absolute Gasteiger partial charge is 0.0561 e. The first kappa shape index (κ1) is 34.8. The van der Waals surface area contributed by atoms with Gasteiger partial charge in [-0.3, -0.25) is 0 Å². The predicted octanol–water partition coefficient (Wildman–Crippen LogP) is 15.7. The van der Waals surface area contributed by atoms with Gasteiger partial charge >= 0.3 is 0 Å². The molecule has 60 heavy (non-hydrogen) atoms. The molecule has 10 aromatic rings. The number of fused-ring (bicyclic) bond motifs is 10. The van der Waals surface area contributed by atoms with E-state index in [2.05, 4.69) is 231 Å². The molecule has 0 bridgehead atoms. The Morgan fingerprint density at radius 2 is 0.917 bits per heavy atom. The van der Waals surface area contributed by atoms with Crippen molar-refractivity contribution in [2.75, 3.05) is 4.90 Å². The van der Waals surface area contributed by atoms with Crippen LogP contribution in [0.4, 0.5) is 17.1 Å². The lowest BCUT2D eigenvalue weighted by molar-refractivity contribution is 0.660. The predicted molar refractivity (Wildman–Crippen MR) is 254 cm³/mol. The zero-order chi connectivity index (χ0) is 40.3. The van der Waals surface area contributed by atoms with E-state index in [1.165, 1.54) is 93.9 Å². The summed E-state index contributed by atoms with van der Waals surface area (Å²) in [5.74, 6) is 0. The van der Waals surface area contributed by atoms with Crippen molar-refractivity contribution < 1.29 is 0 Å². The molecule has 0 spiro atoms. The zero-order valence-corrected chi connectivity index (χ0v) is 34.4. The summed E-state index contributed by atoms with van der Waals surface area (Å²) < 4.78 is 2.50. The molecule has 286 valence electrons. The van der Waals surface area contributed by atoms with Crippen LogP contribution in [0.3, 0.4) is 0 Å². The van der Waals surface area contributed by atoms with Gasteiger partial charge < -0.3 is 9.47 Å². The highest BCUT2D eigenvalue weighted by molar-refractivity contribution is 6.12. The van der Waals surface area contributed by atoms with Gasteiger partial charge in [-0.15, -0.1) is 0 Å². The van der Waals surface area contributed by atoms with Crippen LogP contribution in [0.5, 0.6) is 0 Å². The van der Waals surface area contributed by atoms with Crippen LogP contribution in [0.1, 0.15) is 49.9 Å². The summed E-state index contributed by atoms with van der Waals surface area (Å²) in [5.41, 5.74) is 19.9. The Balaban J connectivity index is 1.22. The Kier molecular flexibility index (Phi) is 7.36. The van der Waals surface area contributed by atoms with Crippen molar-refractivity contribution in [2.45, 2.75) is 38.5 Å². The fourth-order valence-electron chi connectivity index (χ4n) is 10.9. The number of hydrogen-bond acceptors (Lipinski definition) is 1. The molecule has 1 aromatic heterocycles. The van der Waals surface area contributed by atoms with Crippen LogP contribution >= 0.6 is 0 Å². The van der Waals surface area contributed by atoms with Crippen LogP contribution in [-0.4, -0.2) is 4.57 Å². The van der Waals surface area contributed by atoms with E-state index in [-0.39, 0.29) is 10.8 Å². The summed E-state index contributed by atoms with van der Waals surface area (Å²) in [6.45, 7) is 9.49. The number of para-hydroxylation sites is 2. The van der Waals surface area contributed by atoms with E-state index in [0.29, 0.717) is 0 Å². The number of aromatic nitrogens is 1. The van der Waals surface area contributed by atoms with Gasteiger partial charge in [-0.25, -0.2) is 0 Å². The lowest BCUT2D eigenvalue weighted by atomic mass is 9.82. The molecule has 0 atom stereocenters. The monoisotopic (exact) mass is 768 g/mol. The number of rotatable bonds is 5. The summed E-state index contributed by atoms with van der Waals surface area (Å²) in [6.07, 6.45) is 0. The second kappa shape index (κ2) is 12.7. The summed E-state index contributed by atoms with van der Waals surface area (Å²) in [7, 11) is 0. The van der Waals surface area contributed by atoms with Gasteiger partial charge in [-0.05, 0) is 97.9 Å². The number of anilines is 3. The Bertz CT molecular complexity index is 3330. The van der Waals surface area contributed by atoms with Crippen molar-refractivity contribution >= 4 is 49.6 Å². The summed E-state index contributed by atoms with van der Waals surface area (Å²) >= 11 is 0. The number of benzene rings is 9. The van der Waals surface area contributed by atoms with E-state index in [9.17, 15) is 0 Å². The lowest BCUT2D eigenvalue weighted by Crippen LogP contribution is -2.17. The van der Waals surface area contributed by atoms with Crippen LogP contribution in [-0.2, 0) is 10.8 Å². The van der Waals surface area contributed by atoms with Crippen LogP contribution < -0.4 is 4.90 Å². The SMILES string of the molecule is CC1(C)c2ccccc2-c2cc(N(c3cc(-n4c5ccccc5c5ccccc54)c4cccc(-c5ccccc5)c4c3)c3cccc4c3-c3ccccc3C4(C)C)ccc21. The number of hydrogen-bond donors (Lipinski definition) is 0. The number of nitrogens with zero attached hydrogens (tertiary/aromatic N) is 2. The molecule has 0 aliphatic heterocycles. The van der Waals surface area contributed by atoms with Gasteiger partial charge in [0.1, 0.15) is 0 Å². The Morgan fingerprint density at radius 1 is 0.367 bits per heavy atom. The third-order valence-corrected chi connectivity index (χ3v) is 13.8. The molecule has 0 unspecified atom stereocenters. The molecule has 2 aliphatic carbocycles. The van der Waals surface area contributed by atoms with Gasteiger partial charge in [0.15, 0.2) is 0 Å². The normalized spacial score (nSPS) is 14.3. The van der Waals surface area contributed by atoms with Crippen LogP contribution in [0.2, 0.25) is 0 Å². The van der Waals surface area contributed by atoms with E-state index in [4.69, 9.17) is 0 Å². The molecule has 2 aliphatic rings. The molecule has 0 saturated heterocycles. The average molecular weight is 769 g/mol. The van der Waals surface area contributed by atoms with E-state index in [0.717, 1.165) is 17.1 Å². The molecule has 12 rings (SSSR count). The van der Waals surface area contributed by atoms with Crippen molar-refractivity contribution in [3.05, 3.63) is 216 Å². The van der Waals surface area contributed by atoms with Crippen molar-refractivity contribution in [3.8, 4) is 39.1 Å². The van der Waals surface area contributed by atoms with E-state index in [1.54, 1.807) is 0 Å². The molecular weight excluding hydrogens is 725 g/mol. The second-order valence-corrected chi connectivity index (χ2v) is 17.7. The molecule has 0 radical (unpaired) electrons. The minimum atomic E-state index is -0.146. The topological polar surface area (TPSA) is 8.17 Å². The summed E-state index contributed by atoms with van der Waals surface area (Å²) in [4.78, 5) is 2.56. The van der Waals surface area contributed by atoms with E-state index < -0.39 is 0 Å². The zero-order valence-electron chi connectivity index (χ0n) is 34.4. The highest BCUT2D eigenvalue weighted by Crippen LogP contribution is 2.56. The Labute approximate surface area is 351 Å². The lowest BCUT2D eigenvalue weighted by Gasteiger charge is -2.31. The maximum atomic E-state index is 2.56. The van der Waals surface area contributed by atoms with E-state index in [1.807, 2.05) is 0 Å². The third kappa shape index (κ3) is 4.82. The van der Waals surface area contributed by atoms with Gasteiger partial charge in [-0.1, -0.05) is 179 Å². The van der Waals surface area contributed by atoms with Crippen molar-refractivity contribution in [2.24, 2.45) is 0 Å². The Hall–Kier alpha value is -7.16. The minimum absolute atomic E-state index is 0.0938. The first-order chi connectivity index (χ1) is 29.3. The van der Waals surface area contributed by atoms with Crippen molar-refractivity contribution in [3.63, 3.8) is 0 Å². The van der Waals surface area contributed by atoms with Gasteiger partial charge in [0.2, 0.25) is 0 Å². The maximum Gasteiger partial charge on any atom is 0.0561 e. The molecule has 1 heterocycles. The molecular formula is C58H44N2. The molecule has 0 amide bonds. The highest BCUT2D eigenvalue weighted by atomic mass is 15.1. The first-order valence-electron chi connectivity index (χ1n) is 21.2. The Morgan fingerprint density at radius 3 is 1.67 bits per heavy atom. The largest absolute Gasteiger partial charge is 0.310 e. The average Bonchev–Trinajstić information content (AvgIpc) is 3.83. The van der Waals surface area contributed by atoms with Crippen LogP contribution in [0.15, 0.2) is 194 Å². The van der Waals surface area contributed by atoms with Crippen molar-refractivity contribution in [1.82, 2.24) is 4.57 Å². The van der Waals surface area contributed by atoms with Gasteiger partial charge in [0, 0.05) is 43.9 Å².